The smallest absolute Gasteiger partial charge is 0.462 e. The van der Waals surface area contributed by atoms with Gasteiger partial charge in [0.1, 0.15) is 43.2 Å². The number of ether oxygens (including phenoxy) is 2. The maximum atomic E-state index is 12.8. The highest BCUT2D eigenvalue weighted by Crippen LogP contribution is 2.47. The van der Waals surface area contributed by atoms with E-state index in [1.807, 2.05) is 0 Å². The average Bonchev–Trinajstić information content (AvgIpc) is 3.21. The van der Waals surface area contributed by atoms with Crippen LogP contribution < -0.4 is 0 Å². The summed E-state index contributed by atoms with van der Waals surface area (Å²) in [5.41, 5.74) is 0. The Bertz CT molecular complexity index is 1180. The number of esters is 2. The summed E-state index contributed by atoms with van der Waals surface area (Å²) in [5.74, 6) is -1.12. The molecule has 1 saturated carbocycles. The quantitative estimate of drug-likeness (QED) is 0.0150. The lowest BCUT2D eigenvalue weighted by Gasteiger charge is -2.41. The van der Waals surface area contributed by atoms with Crippen molar-refractivity contribution in [3.05, 3.63) is 36.5 Å². The van der Waals surface area contributed by atoms with Gasteiger partial charge < -0.3 is 39.9 Å². The number of aliphatic hydroxyl groups is 5. The van der Waals surface area contributed by atoms with Gasteiger partial charge in [0, 0.05) is 12.8 Å². The lowest BCUT2D eigenvalue weighted by atomic mass is 9.85. The van der Waals surface area contributed by atoms with Crippen LogP contribution in [0.3, 0.4) is 0 Å². The summed E-state index contributed by atoms with van der Waals surface area (Å²) in [5, 5.41) is 50.1. The van der Waals surface area contributed by atoms with Crippen molar-refractivity contribution in [1.82, 2.24) is 0 Å². The van der Waals surface area contributed by atoms with Crippen LogP contribution in [0.4, 0.5) is 0 Å². The van der Waals surface area contributed by atoms with Gasteiger partial charge in [0.05, 0.1) is 6.61 Å². The largest absolute Gasteiger partial charge is 0.472 e. The van der Waals surface area contributed by atoms with Gasteiger partial charge in [-0.15, -0.1) is 0 Å². The minimum Gasteiger partial charge on any atom is -0.462 e. The van der Waals surface area contributed by atoms with E-state index < -0.39 is 75.7 Å². The van der Waals surface area contributed by atoms with Gasteiger partial charge >= 0.3 is 19.8 Å². The molecule has 1 aliphatic rings. The molecule has 1 rings (SSSR count). The van der Waals surface area contributed by atoms with Crippen molar-refractivity contribution >= 4 is 19.8 Å². The van der Waals surface area contributed by atoms with Crippen molar-refractivity contribution in [2.24, 2.45) is 0 Å². The van der Waals surface area contributed by atoms with E-state index in [0.29, 0.717) is 12.8 Å². The lowest BCUT2D eigenvalue weighted by Crippen LogP contribution is -2.64. The third kappa shape index (κ3) is 28.3. The molecule has 6 unspecified atom stereocenters. The van der Waals surface area contributed by atoms with Crippen molar-refractivity contribution < 1.29 is 63.1 Å². The summed E-state index contributed by atoms with van der Waals surface area (Å²) in [6, 6.07) is 0. The first kappa shape index (κ1) is 55.1. The lowest BCUT2D eigenvalue weighted by molar-refractivity contribution is -0.220. The Morgan fingerprint density at radius 1 is 0.525 bits per heavy atom. The Morgan fingerprint density at radius 3 is 1.44 bits per heavy atom. The molecule has 14 heteroatoms. The molecule has 6 atom stereocenters. The molecule has 1 fully saturated rings. The highest BCUT2D eigenvalue weighted by Gasteiger charge is 2.51. The summed E-state index contributed by atoms with van der Waals surface area (Å²) in [6.45, 7) is 3.23. The number of unbranched alkanes of at least 4 members (excludes halogenated alkanes) is 19. The Hall–Kier alpha value is -1.93. The molecule has 0 spiro atoms. The third-order valence-electron chi connectivity index (χ3n) is 10.5. The molecule has 1 aliphatic carbocycles. The van der Waals surface area contributed by atoms with Gasteiger partial charge in [-0.25, -0.2) is 4.57 Å². The van der Waals surface area contributed by atoms with Crippen LogP contribution in [0.5, 0.6) is 0 Å². The van der Waals surface area contributed by atoms with Crippen molar-refractivity contribution in [3.8, 4) is 0 Å². The predicted octanol–water partition coefficient (Wildman–Crippen LogP) is 8.61. The first-order chi connectivity index (χ1) is 28.4. The van der Waals surface area contributed by atoms with Gasteiger partial charge in [-0.3, -0.25) is 18.6 Å². The number of hydrogen-bond acceptors (Lipinski definition) is 12. The van der Waals surface area contributed by atoms with Gasteiger partial charge in [-0.1, -0.05) is 140 Å². The number of phosphoric acid groups is 1. The Kier molecular flexibility index (Phi) is 33.3. The standard InChI is InChI=1S/C45H81O13P/c1-3-5-7-9-11-13-15-17-19-20-22-23-25-27-29-31-33-38(46)55-35-37(36-56-59(53,54)58-45-43(51)41(49)40(48)42(50)44(45)52)57-39(47)34-32-30-28-26-24-21-18-16-14-12-10-8-6-4-2/h10,12,16,18-20,37,40-45,48-52H,3-9,11,13-15,17,21-36H2,1-2H3,(H,53,54)/b12-10-,18-16-,20-19-. The highest BCUT2D eigenvalue weighted by molar-refractivity contribution is 7.47. The fourth-order valence-corrected chi connectivity index (χ4v) is 7.68. The maximum absolute atomic E-state index is 12.8. The first-order valence-corrected chi connectivity index (χ1v) is 24.3. The number of phosphoric ester groups is 1. The molecule has 0 amide bonds. The van der Waals surface area contributed by atoms with Crippen molar-refractivity contribution in [1.29, 1.82) is 0 Å². The number of rotatable bonds is 37. The van der Waals surface area contributed by atoms with E-state index in [1.165, 1.54) is 57.8 Å². The summed E-state index contributed by atoms with van der Waals surface area (Å²) >= 11 is 0. The van der Waals surface area contributed by atoms with Crippen LogP contribution in [0, 0.1) is 0 Å². The molecule has 13 nitrogen and oxygen atoms in total. The normalized spacial score (nSPS) is 22.6. The summed E-state index contributed by atoms with van der Waals surface area (Å²) in [4.78, 5) is 35.7. The predicted molar refractivity (Wildman–Crippen MR) is 230 cm³/mol. The fourth-order valence-electron chi connectivity index (χ4n) is 6.71. The van der Waals surface area contributed by atoms with Gasteiger partial charge in [0.2, 0.25) is 0 Å². The van der Waals surface area contributed by atoms with Crippen molar-refractivity contribution in [3.63, 3.8) is 0 Å². The molecule has 0 heterocycles. The first-order valence-electron chi connectivity index (χ1n) is 22.8. The Balaban J connectivity index is 2.48. The van der Waals surface area contributed by atoms with Crippen LogP contribution >= 0.6 is 7.82 Å². The number of allylic oxidation sites excluding steroid dienone is 6. The van der Waals surface area contributed by atoms with Gasteiger partial charge in [0.15, 0.2) is 6.10 Å². The average molecular weight is 861 g/mol. The second kappa shape index (κ2) is 35.6. The number of carbonyl (C=O) groups is 2. The third-order valence-corrected chi connectivity index (χ3v) is 11.4. The van der Waals surface area contributed by atoms with E-state index >= 15 is 0 Å². The second-order valence-electron chi connectivity index (χ2n) is 15.9. The minimum absolute atomic E-state index is 0.0789. The molecule has 0 aromatic carbocycles. The number of hydrogen-bond donors (Lipinski definition) is 6. The summed E-state index contributed by atoms with van der Waals surface area (Å²) in [7, 11) is -5.12. The van der Waals surface area contributed by atoms with Gasteiger partial charge in [-0.05, 0) is 64.2 Å². The second-order valence-corrected chi connectivity index (χ2v) is 17.3. The van der Waals surface area contributed by atoms with E-state index in [2.05, 4.69) is 50.3 Å². The van der Waals surface area contributed by atoms with Gasteiger partial charge in [-0.2, -0.15) is 0 Å². The summed E-state index contributed by atoms with van der Waals surface area (Å²) in [6.07, 6.45) is 26.3. The topological polar surface area (TPSA) is 210 Å². The SMILES string of the molecule is CCCC/C=C\C/C=C\CCCCCCCC(=O)OC(COC(=O)CCCCCCC/C=C\CCCCCCCCC)COP(=O)(O)OC1C(O)C(O)C(O)C(O)C1O. The molecule has 0 bridgehead atoms. The zero-order chi connectivity index (χ0) is 43.6. The molecule has 59 heavy (non-hydrogen) atoms. The van der Waals surface area contributed by atoms with Gasteiger partial charge in [0.25, 0.3) is 0 Å². The van der Waals surface area contributed by atoms with Crippen LogP contribution in [-0.4, -0.2) is 98.3 Å². The molecule has 0 aromatic rings. The van der Waals surface area contributed by atoms with Crippen molar-refractivity contribution in [2.75, 3.05) is 13.2 Å². The zero-order valence-corrected chi connectivity index (χ0v) is 37.2. The van der Waals surface area contributed by atoms with E-state index in [-0.39, 0.29) is 12.8 Å². The highest BCUT2D eigenvalue weighted by atomic mass is 31.2. The molecule has 0 radical (unpaired) electrons. The number of carbonyl (C=O) groups excluding carboxylic acids is 2. The Morgan fingerprint density at radius 2 is 0.932 bits per heavy atom. The molecular weight excluding hydrogens is 779 g/mol. The molecular formula is C45H81O13P. The zero-order valence-electron chi connectivity index (χ0n) is 36.3. The minimum atomic E-state index is -5.12. The molecule has 0 aromatic heterocycles. The van der Waals surface area contributed by atoms with Crippen LogP contribution in [0.15, 0.2) is 36.5 Å². The van der Waals surface area contributed by atoms with Crippen LogP contribution in [-0.2, 0) is 32.7 Å². The summed E-state index contributed by atoms with van der Waals surface area (Å²) < 4.78 is 33.5. The van der Waals surface area contributed by atoms with E-state index in [1.54, 1.807) is 0 Å². The van der Waals surface area contributed by atoms with Crippen LogP contribution in [0.25, 0.3) is 0 Å². The van der Waals surface area contributed by atoms with E-state index in [0.717, 1.165) is 83.5 Å². The van der Waals surface area contributed by atoms with Crippen molar-refractivity contribution in [2.45, 2.75) is 224 Å². The molecule has 0 saturated heterocycles. The molecule has 6 N–H and O–H groups in total. The fraction of sp³-hybridized carbons (Fsp3) is 0.822. The van der Waals surface area contributed by atoms with Crippen LogP contribution in [0.1, 0.15) is 181 Å². The van der Waals surface area contributed by atoms with Crippen LogP contribution in [0.2, 0.25) is 0 Å². The maximum Gasteiger partial charge on any atom is 0.472 e. The molecule has 344 valence electrons. The molecule has 0 aliphatic heterocycles. The monoisotopic (exact) mass is 861 g/mol. The van der Waals surface area contributed by atoms with E-state index in [9.17, 15) is 44.6 Å². The van der Waals surface area contributed by atoms with E-state index in [4.69, 9.17) is 18.5 Å². The number of aliphatic hydroxyl groups excluding tert-OH is 5. The Labute approximate surface area is 355 Å².